The number of fused-ring (bicyclic) bond motifs is 4. The average Bonchev–Trinajstić information content (AvgIpc) is 3.74. The first kappa shape index (κ1) is 41.0. The minimum atomic E-state index is -1.06. The van der Waals surface area contributed by atoms with Gasteiger partial charge < -0.3 is 9.47 Å². The van der Waals surface area contributed by atoms with Crippen molar-refractivity contribution in [2.45, 2.75) is 48.3 Å². The van der Waals surface area contributed by atoms with E-state index < -0.39 is 22.7 Å². The fraction of sp³-hybridized carbons (Fsp3) is 0.185. The van der Waals surface area contributed by atoms with Crippen molar-refractivity contribution in [2.75, 3.05) is 0 Å². The van der Waals surface area contributed by atoms with Crippen molar-refractivity contribution in [3.05, 3.63) is 224 Å². The molecule has 0 radical (unpaired) electrons. The predicted molar refractivity (Wildman–Crippen MR) is 241 cm³/mol. The molecule has 4 aliphatic rings. The van der Waals surface area contributed by atoms with Crippen LogP contribution in [0.5, 0.6) is 11.5 Å². The maximum Gasteiger partial charge on any atom is 0.323 e. The van der Waals surface area contributed by atoms with Gasteiger partial charge in [-0.1, -0.05) is 171 Å². The first-order valence-corrected chi connectivity index (χ1v) is 21.5. The second-order valence-corrected chi connectivity index (χ2v) is 17.4. The lowest BCUT2D eigenvalue weighted by atomic mass is 9.52. The van der Waals surface area contributed by atoms with Gasteiger partial charge in [-0.2, -0.15) is 0 Å². The molecule has 8 atom stereocenters. The average molecular weight is 858 g/mol. The standard InChI is InChI=1S/2C27H21ClO3/c2*1-17-15-20(16-29)25(18-7-3-2-4-8-18)27(24(17)19-11-13-21(28)14-12-19)22-9-5-6-10-23(22)31-26(27)30/h2*2-17,24-25H,1H3/t2*17-,24-,25+,27+/m00/s1. The van der Waals surface area contributed by atoms with Gasteiger partial charge in [-0.15, -0.1) is 0 Å². The summed E-state index contributed by atoms with van der Waals surface area (Å²) < 4.78 is 11.7. The molecule has 6 aromatic rings. The number of para-hydroxylation sites is 2. The van der Waals surface area contributed by atoms with E-state index in [1.165, 1.54) is 0 Å². The van der Waals surface area contributed by atoms with Gasteiger partial charge in [0.25, 0.3) is 0 Å². The van der Waals surface area contributed by atoms with Crippen LogP contribution in [0.2, 0.25) is 10.0 Å². The lowest BCUT2D eigenvalue weighted by molar-refractivity contribution is -0.141. The second-order valence-electron chi connectivity index (χ2n) is 16.5. The Balaban J connectivity index is 0.000000158. The number of esters is 2. The van der Waals surface area contributed by atoms with Crippen LogP contribution in [-0.2, 0) is 30.0 Å². The highest BCUT2D eigenvalue weighted by atomic mass is 35.5. The first-order chi connectivity index (χ1) is 30.1. The summed E-state index contributed by atoms with van der Waals surface area (Å²) in [5.41, 5.74) is 4.57. The highest BCUT2D eigenvalue weighted by Crippen LogP contribution is 2.64. The van der Waals surface area contributed by atoms with Crippen molar-refractivity contribution in [1.82, 2.24) is 0 Å². The molecular weight excluding hydrogens is 815 g/mol. The number of carbonyl (C=O) groups is 4. The smallest absolute Gasteiger partial charge is 0.323 e. The van der Waals surface area contributed by atoms with E-state index in [4.69, 9.17) is 32.7 Å². The van der Waals surface area contributed by atoms with Gasteiger partial charge >= 0.3 is 11.9 Å². The first-order valence-electron chi connectivity index (χ1n) is 20.7. The Bertz CT molecular complexity index is 2560. The second kappa shape index (κ2) is 16.5. The zero-order chi connectivity index (χ0) is 43.2. The molecule has 2 aliphatic heterocycles. The number of allylic oxidation sites excluding steroid dienone is 4. The normalized spacial score (nSPS) is 26.8. The maximum absolute atomic E-state index is 13.9. The Kier molecular flexibility index (Phi) is 10.9. The fourth-order valence-electron chi connectivity index (χ4n) is 11.1. The van der Waals surface area contributed by atoms with Gasteiger partial charge in [-0.05, 0) is 81.6 Å². The lowest BCUT2D eigenvalue weighted by Crippen LogP contribution is -2.50. The molecule has 308 valence electrons. The van der Waals surface area contributed by atoms with E-state index in [9.17, 15) is 19.2 Å². The molecule has 2 heterocycles. The summed E-state index contributed by atoms with van der Waals surface area (Å²) in [5, 5.41) is 1.28. The van der Waals surface area contributed by atoms with Crippen LogP contribution in [0.3, 0.4) is 0 Å². The summed E-state index contributed by atoms with van der Waals surface area (Å²) in [6.45, 7) is 4.11. The maximum atomic E-state index is 13.9. The summed E-state index contributed by atoms with van der Waals surface area (Å²) in [7, 11) is 0. The van der Waals surface area contributed by atoms with Crippen LogP contribution in [0.1, 0.15) is 70.9 Å². The molecule has 62 heavy (non-hydrogen) atoms. The summed E-state index contributed by atoms with van der Waals surface area (Å²) in [4.78, 5) is 52.3. The van der Waals surface area contributed by atoms with E-state index in [1.54, 1.807) is 0 Å². The Labute approximate surface area is 370 Å². The van der Waals surface area contributed by atoms with Crippen LogP contribution in [0.15, 0.2) is 181 Å². The number of hydrogen-bond acceptors (Lipinski definition) is 6. The summed E-state index contributed by atoms with van der Waals surface area (Å²) in [5.74, 6) is -1.02. The molecule has 6 nitrogen and oxygen atoms in total. The molecule has 0 saturated heterocycles. The molecule has 0 fully saturated rings. The van der Waals surface area contributed by atoms with E-state index >= 15 is 0 Å². The number of halogens is 2. The fourth-order valence-corrected chi connectivity index (χ4v) is 11.4. The zero-order valence-corrected chi connectivity index (χ0v) is 35.5. The molecule has 0 saturated carbocycles. The number of aldehydes is 2. The van der Waals surface area contributed by atoms with Crippen LogP contribution >= 0.6 is 23.2 Å². The Morgan fingerprint density at radius 3 is 1.15 bits per heavy atom. The van der Waals surface area contributed by atoms with E-state index in [2.05, 4.69) is 13.8 Å². The third-order valence-electron chi connectivity index (χ3n) is 13.3. The number of carbonyl (C=O) groups excluding carboxylic acids is 4. The minimum Gasteiger partial charge on any atom is -0.425 e. The van der Waals surface area contributed by atoms with Gasteiger partial charge in [0.05, 0.1) is 0 Å². The van der Waals surface area contributed by atoms with Crippen molar-refractivity contribution < 1.29 is 28.7 Å². The molecule has 0 amide bonds. The largest absolute Gasteiger partial charge is 0.425 e. The summed E-state index contributed by atoms with van der Waals surface area (Å²) in [6.07, 6.45) is 5.79. The Hall–Kier alpha value is -6.34. The Morgan fingerprint density at radius 2 is 0.790 bits per heavy atom. The van der Waals surface area contributed by atoms with Crippen LogP contribution < -0.4 is 9.47 Å². The van der Waals surface area contributed by atoms with E-state index in [0.29, 0.717) is 32.7 Å². The van der Waals surface area contributed by atoms with Crippen molar-refractivity contribution in [1.29, 1.82) is 0 Å². The van der Waals surface area contributed by atoms with E-state index in [0.717, 1.165) is 46.0 Å². The molecule has 0 aromatic heterocycles. The summed E-state index contributed by atoms with van der Waals surface area (Å²) in [6, 6.07) is 50.0. The third kappa shape index (κ3) is 6.47. The number of ether oxygens (including phenoxy) is 2. The van der Waals surface area contributed by atoms with Gasteiger partial charge in [0.15, 0.2) is 0 Å². The molecule has 0 N–H and O–H groups in total. The SMILES string of the molecule is C[C@H]1C=C(C=O)[C@@H](c2ccccc2)[C@]2(C(=O)Oc3ccccc32)[C@@H]1c1ccc(Cl)cc1.C[C@H]1C=C(C=O)[C@@H](c2ccccc2)[C@]2(C(=O)Oc3ccccc32)[C@@H]1c1ccc(Cl)cc1. The van der Waals surface area contributed by atoms with Crippen LogP contribution in [0, 0.1) is 11.8 Å². The van der Waals surface area contributed by atoms with Crippen LogP contribution in [0.25, 0.3) is 0 Å². The highest BCUT2D eigenvalue weighted by Gasteiger charge is 2.64. The third-order valence-corrected chi connectivity index (χ3v) is 13.8. The zero-order valence-electron chi connectivity index (χ0n) is 34.0. The number of rotatable bonds is 6. The van der Waals surface area contributed by atoms with E-state index in [1.807, 2.05) is 170 Å². The Morgan fingerprint density at radius 1 is 0.452 bits per heavy atom. The van der Waals surface area contributed by atoms with Crippen molar-refractivity contribution in [3.63, 3.8) is 0 Å². The van der Waals surface area contributed by atoms with Crippen molar-refractivity contribution >= 4 is 47.7 Å². The molecule has 6 aromatic carbocycles. The highest BCUT2D eigenvalue weighted by molar-refractivity contribution is 6.30. The molecule has 2 aliphatic carbocycles. The molecule has 0 bridgehead atoms. The lowest BCUT2D eigenvalue weighted by Gasteiger charge is -2.47. The van der Waals surface area contributed by atoms with Crippen molar-refractivity contribution in [2.24, 2.45) is 11.8 Å². The van der Waals surface area contributed by atoms with Crippen LogP contribution in [0.4, 0.5) is 0 Å². The molecule has 10 rings (SSSR count). The monoisotopic (exact) mass is 856 g/mol. The quantitative estimate of drug-likeness (QED) is 0.0942. The molecule has 2 spiro atoms. The molecule has 8 heteroatoms. The van der Waals surface area contributed by atoms with Crippen molar-refractivity contribution in [3.8, 4) is 11.5 Å². The van der Waals surface area contributed by atoms with Gasteiger partial charge in [0.2, 0.25) is 0 Å². The van der Waals surface area contributed by atoms with E-state index in [-0.39, 0.29) is 35.6 Å². The molecule has 0 unspecified atom stereocenters. The molecular formula is C54H42Cl2O6. The van der Waals surface area contributed by atoms with Gasteiger partial charge in [-0.3, -0.25) is 19.2 Å². The van der Waals surface area contributed by atoms with Crippen LogP contribution in [-0.4, -0.2) is 24.5 Å². The van der Waals surface area contributed by atoms with Gasteiger partial charge in [0.1, 0.15) is 34.9 Å². The minimum absolute atomic E-state index is 0.0694. The number of hydrogen-bond donors (Lipinski definition) is 0. The van der Waals surface area contributed by atoms with Gasteiger partial charge in [0, 0.05) is 44.8 Å². The van der Waals surface area contributed by atoms with Gasteiger partial charge in [-0.25, -0.2) is 0 Å². The topological polar surface area (TPSA) is 86.7 Å². The predicted octanol–water partition coefficient (Wildman–Crippen LogP) is 11.7. The number of benzene rings is 6. The summed E-state index contributed by atoms with van der Waals surface area (Å²) >= 11 is 12.3.